The van der Waals surface area contributed by atoms with E-state index in [-0.39, 0.29) is 17.6 Å². The van der Waals surface area contributed by atoms with Gasteiger partial charge in [-0.2, -0.15) is 0 Å². The Morgan fingerprint density at radius 2 is 1.68 bits per heavy atom. The zero-order valence-corrected chi connectivity index (χ0v) is 19.8. The van der Waals surface area contributed by atoms with Gasteiger partial charge in [-0.1, -0.05) is 36.4 Å². The van der Waals surface area contributed by atoms with Gasteiger partial charge in [0.2, 0.25) is 0 Å². The van der Waals surface area contributed by atoms with Crippen LogP contribution in [0.4, 0.5) is 0 Å². The number of hydrogen-bond acceptors (Lipinski definition) is 4. The molecule has 0 radical (unpaired) electrons. The smallest absolute Gasteiger partial charge is 0.254 e. The van der Waals surface area contributed by atoms with Crippen LogP contribution in [0.1, 0.15) is 31.2 Å². The summed E-state index contributed by atoms with van der Waals surface area (Å²) >= 11 is 0. The molecule has 1 aliphatic heterocycles. The normalized spacial score (nSPS) is 16.1. The average Bonchev–Trinajstić information content (AvgIpc) is 2.86. The minimum atomic E-state index is -0.330. The molecule has 174 valence electrons. The van der Waals surface area contributed by atoms with Crippen LogP contribution in [0.15, 0.2) is 77.9 Å². The summed E-state index contributed by atoms with van der Waals surface area (Å²) in [5, 5.41) is 12.1. The number of benzene rings is 2. The Bertz CT molecular complexity index is 1350. The highest BCUT2D eigenvalue weighted by Crippen LogP contribution is 2.36. The Morgan fingerprint density at radius 1 is 0.971 bits per heavy atom. The maximum atomic E-state index is 13.7. The van der Waals surface area contributed by atoms with Crippen molar-refractivity contribution in [3.8, 4) is 22.4 Å². The molecule has 5 heteroatoms. The number of β-amino-alcohol motifs (C(OH)–C–C–N with tert-alkyl or cyclic N) is 1. The van der Waals surface area contributed by atoms with Gasteiger partial charge in [-0.05, 0) is 84.9 Å². The van der Waals surface area contributed by atoms with Crippen LogP contribution in [0.5, 0.6) is 0 Å². The minimum absolute atomic E-state index is 0.0786. The first kappa shape index (κ1) is 22.5. The minimum Gasteiger partial charge on any atom is -0.392 e. The van der Waals surface area contributed by atoms with Gasteiger partial charge in [0.25, 0.3) is 5.56 Å². The van der Waals surface area contributed by atoms with Crippen LogP contribution in [-0.4, -0.2) is 45.3 Å². The number of nitrogens with zero attached hydrogens (tertiary/aromatic N) is 3. The fourth-order valence-corrected chi connectivity index (χ4v) is 5.29. The number of rotatable bonds is 5. The van der Waals surface area contributed by atoms with Crippen LogP contribution in [0.25, 0.3) is 33.2 Å². The highest BCUT2D eigenvalue weighted by molar-refractivity contribution is 5.90. The third kappa shape index (κ3) is 4.41. The van der Waals surface area contributed by atoms with Crippen LogP contribution < -0.4 is 5.56 Å². The number of aromatic nitrogens is 2. The first-order chi connectivity index (χ1) is 16.5. The van der Waals surface area contributed by atoms with E-state index < -0.39 is 0 Å². The lowest BCUT2D eigenvalue weighted by Gasteiger charge is -2.33. The third-order valence-corrected chi connectivity index (χ3v) is 7.01. The Balaban J connectivity index is 1.61. The van der Waals surface area contributed by atoms with E-state index in [2.05, 4.69) is 46.3 Å². The number of pyridine rings is 2. The SMILES string of the molecule is CC(O)CN1CCC(c2cc(-c3ccncc3)c(-c3ccc4ccccc4c3)n(C)c2=O)CC1. The topological polar surface area (TPSA) is 58.4 Å². The highest BCUT2D eigenvalue weighted by atomic mass is 16.3. The number of aliphatic hydroxyl groups excluding tert-OH is 1. The predicted octanol–water partition coefficient (Wildman–Crippen LogP) is 4.83. The van der Waals surface area contributed by atoms with Gasteiger partial charge in [-0.3, -0.25) is 9.78 Å². The second-order valence-corrected chi connectivity index (χ2v) is 9.45. The quantitative estimate of drug-likeness (QED) is 0.470. The Hall–Kier alpha value is -3.28. The highest BCUT2D eigenvalue weighted by Gasteiger charge is 2.26. The molecule has 1 fully saturated rings. The van der Waals surface area contributed by atoms with Gasteiger partial charge < -0.3 is 14.6 Å². The molecule has 1 unspecified atom stereocenters. The van der Waals surface area contributed by atoms with Gasteiger partial charge in [-0.25, -0.2) is 0 Å². The van der Waals surface area contributed by atoms with E-state index in [4.69, 9.17) is 0 Å². The molecule has 1 aliphatic rings. The molecule has 34 heavy (non-hydrogen) atoms. The Kier molecular flexibility index (Phi) is 6.31. The van der Waals surface area contributed by atoms with E-state index in [0.29, 0.717) is 6.54 Å². The van der Waals surface area contributed by atoms with E-state index in [0.717, 1.165) is 59.3 Å². The average molecular weight is 454 g/mol. The molecule has 1 N–H and O–H groups in total. The van der Waals surface area contributed by atoms with Gasteiger partial charge in [0.1, 0.15) is 0 Å². The van der Waals surface area contributed by atoms with E-state index in [1.165, 1.54) is 5.39 Å². The molecule has 2 aromatic carbocycles. The Labute approximate surface area is 200 Å². The van der Waals surface area contributed by atoms with Crippen molar-refractivity contribution in [1.29, 1.82) is 0 Å². The summed E-state index contributed by atoms with van der Waals surface area (Å²) in [5.74, 6) is 0.218. The van der Waals surface area contributed by atoms with Gasteiger partial charge in [0.05, 0.1) is 11.8 Å². The molecule has 1 saturated heterocycles. The fourth-order valence-electron chi connectivity index (χ4n) is 5.29. The molecule has 1 atom stereocenters. The van der Waals surface area contributed by atoms with Crippen molar-refractivity contribution in [2.75, 3.05) is 19.6 Å². The monoisotopic (exact) mass is 453 g/mol. The summed E-state index contributed by atoms with van der Waals surface area (Å²) in [6.45, 7) is 4.31. The number of hydrogen-bond donors (Lipinski definition) is 1. The van der Waals surface area contributed by atoms with Crippen molar-refractivity contribution in [3.63, 3.8) is 0 Å². The largest absolute Gasteiger partial charge is 0.392 e. The van der Waals surface area contributed by atoms with E-state index in [1.54, 1.807) is 12.4 Å². The number of piperidine rings is 1. The van der Waals surface area contributed by atoms with E-state index in [1.807, 2.05) is 42.8 Å². The second-order valence-electron chi connectivity index (χ2n) is 9.45. The fraction of sp³-hybridized carbons (Fsp3) is 0.310. The summed E-state index contributed by atoms with van der Waals surface area (Å²) in [7, 11) is 1.89. The van der Waals surface area contributed by atoms with Crippen LogP contribution in [-0.2, 0) is 7.05 Å². The molecule has 3 heterocycles. The predicted molar refractivity (Wildman–Crippen MR) is 138 cm³/mol. The van der Waals surface area contributed by atoms with Crippen LogP contribution in [0.2, 0.25) is 0 Å². The molecule has 0 aliphatic carbocycles. The number of likely N-dealkylation sites (tertiary alicyclic amines) is 1. The summed E-state index contributed by atoms with van der Waals surface area (Å²) in [5.41, 5.74) is 5.04. The first-order valence-electron chi connectivity index (χ1n) is 12.0. The first-order valence-corrected chi connectivity index (χ1v) is 12.0. The second kappa shape index (κ2) is 9.53. The maximum absolute atomic E-state index is 13.7. The van der Waals surface area contributed by atoms with Gasteiger partial charge >= 0.3 is 0 Å². The van der Waals surface area contributed by atoms with Crippen LogP contribution >= 0.6 is 0 Å². The Morgan fingerprint density at radius 3 is 2.38 bits per heavy atom. The lowest BCUT2D eigenvalue weighted by atomic mass is 9.87. The molecular weight excluding hydrogens is 422 g/mol. The van der Waals surface area contributed by atoms with Crippen molar-refractivity contribution in [2.24, 2.45) is 7.05 Å². The van der Waals surface area contributed by atoms with E-state index >= 15 is 0 Å². The van der Waals surface area contributed by atoms with E-state index in [9.17, 15) is 9.90 Å². The van der Waals surface area contributed by atoms with Crippen molar-refractivity contribution < 1.29 is 5.11 Å². The lowest BCUT2D eigenvalue weighted by molar-refractivity contribution is 0.109. The zero-order chi connectivity index (χ0) is 23.7. The molecule has 0 bridgehead atoms. The summed E-state index contributed by atoms with van der Waals surface area (Å²) in [6, 6.07) is 20.9. The molecule has 0 amide bonds. The summed E-state index contributed by atoms with van der Waals surface area (Å²) in [4.78, 5) is 20.2. The van der Waals surface area contributed by atoms with Crippen LogP contribution in [0, 0.1) is 0 Å². The number of aliphatic hydroxyl groups is 1. The zero-order valence-electron chi connectivity index (χ0n) is 19.8. The maximum Gasteiger partial charge on any atom is 0.254 e. The molecule has 5 rings (SSSR count). The summed E-state index contributed by atoms with van der Waals surface area (Å²) < 4.78 is 1.83. The molecular formula is C29H31N3O2. The van der Waals surface area contributed by atoms with Crippen molar-refractivity contribution >= 4 is 10.8 Å². The van der Waals surface area contributed by atoms with Gasteiger partial charge in [0, 0.05) is 37.1 Å². The lowest BCUT2D eigenvalue weighted by Crippen LogP contribution is -2.38. The molecule has 0 spiro atoms. The van der Waals surface area contributed by atoms with Crippen molar-refractivity contribution in [1.82, 2.24) is 14.5 Å². The van der Waals surface area contributed by atoms with Gasteiger partial charge in [-0.15, -0.1) is 0 Å². The van der Waals surface area contributed by atoms with Crippen LogP contribution in [0.3, 0.4) is 0 Å². The van der Waals surface area contributed by atoms with Crippen molar-refractivity contribution in [3.05, 3.63) is 89.0 Å². The van der Waals surface area contributed by atoms with Crippen molar-refractivity contribution in [2.45, 2.75) is 31.8 Å². The number of fused-ring (bicyclic) bond motifs is 1. The molecule has 0 saturated carbocycles. The molecule has 4 aromatic rings. The third-order valence-electron chi connectivity index (χ3n) is 7.01. The van der Waals surface area contributed by atoms with Gasteiger partial charge in [0.15, 0.2) is 0 Å². The molecule has 5 nitrogen and oxygen atoms in total. The summed E-state index contributed by atoms with van der Waals surface area (Å²) in [6.07, 6.45) is 5.13. The molecule has 2 aromatic heterocycles. The standard InChI is InChI=1S/C29H31N3O2/c1-20(33)19-32-15-11-23(12-16-32)27-18-26(22-9-13-30-14-10-22)28(31(2)29(27)34)25-8-7-21-5-3-4-6-24(21)17-25/h3-10,13-14,17-18,20,23,33H,11-12,15-16,19H2,1-2H3.